The zero-order valence-electron chi connectivity index (χ0n) is 67.6. The first-order valence-corrected chi connectivity index (χ1v) is 42.0. The van der Waals surface area contributed by atoms with Gasteiger partial charge in [0, 0.05) is 134 Å². The fourth-order valence-electron chi connectivity index (χ4n) is 26.3. The molecule has 6 aliphatic carbocycles. The van der Waals surface area contributed by atoms with Crippen molar-refractivity contribution >= 4 is 72.1 Å². The van der Waals surface area contributed by atoms with Crippen LogP contribution in [-0.4, -0.2) is 36.8 Å². The number of thiazole rings is 1. The van der Waals surface area contributed by atoms with Crippen molar-refractivity contribution in [1.82, 2.24) is 36.8 Å². The van der Waals surface area contributed by atoms with Crippen LogP contribution in [-0.2, 0) is 69.9 Å². The molecule has 5 unspecified atom stereocenters. The van der Waals surface area contributed by atoms with Crippen molar-refractivity contribution < 1.29 is 0 Å². The average molecular weight is 1450 g/mol. The number of aryl methyl sites for hydroxylation is 10. The molecule has 5 atom stereocenters. The van der Waals surface area contributed by atoms with Gasteiger partial charge >= 0.3 is 0 Å². The van der Waals surface area contributed by atoms with Gasteiger partial charge in [-0.3, -0.25) is 4.40 Å². The molecule has 3 spiro atoms. The van der Waals surface area contributed by atoms with Gasteiger partial charge in [-0.1, -0.05) is 133 Å². The second-order valence-corrected chi connectivity index (χ2v) is 37.5. The Hall–Kier alpha value is -8.29. The quantitative estimate of drug-likeness (QED) is 0.176. The van der Waals surface area contributed by atoms with E-state index in [9.17, 15) is 0 Å². The molecule has 11 aliphatic rings. The summed E-state index contributed by atoms with van der Waals surface area (Å²) in [5.41, 5.74) is 33.9. The molecular formula is C94H116N12S. The van der Waals surface area contributed by atoms with E-state index in [1.54, 1.807) is 33.7 Å². The van der Waals surface area contributed by atoms with E-state index in [2.05, 4.69) is 323 Å². The fourth-order valence-corrected chi connectivity index (χ4v) is 27.0. The van der Waals surface area contributed by atoms with E-state index in [1.165, 1.54) is 196 Å². The molecule has 6 saturated carbocycles. The lowest BCUT2D eigenvalue weighted by Crippen LogP contribution is -2.62. The van der Waals surface area contributed by atoms with Crippen LogP contribution in [0.15, 0.2) is 139 Å². The molecule has 5 aliphatic heterocycles. The summed E-state index contributed by atoms with van der Waals surface area (Å²) in [5.74, 6) is 3.53. The predicted octanol–water partition coefficient (Wildman–Crippen LogP) is 22.6. The number of benzene rings is 4. The van der Waals surface area contributed by atoms with Crippen molar-refractivity contribution in [3.05, 3.63) is 212 Å². The second-order valence-electron chi connectivity index (χ2n) is 36.6. The minimum Gasteiger partial charge on any atom is -0.353 e. The first kappa shape index (κ1) is 69.2. The lowest BCUT2D eigenvalue weighted by atomic mass is 9.47. The summed E-state index contributed by atoms with van der Waals surface area (Å²) < 4.78 is 16.9. The minimum atomic E-state index is -0.120. The van der Waals surface area contributed by atoms with Gasteiger partial charge in [-0.25, -0.2) is 4.98 Å². The lowest BCUT2D eigenvalue weighted by Gasteiger charge is -2.64. The highest BCUT2D eigenvalue weighted by Gasteiger charge is 2.68. The van der Waals surface area contributed by atoms with Crippen LogP contribution in [0.1, 0.15) is 249 Å². The molecule has 12 nitrogen and oxygen atoms in total. The van der Waals surface area contributed by atoms with E-state index in [0.717, 1.165) is 28.6 Å². The first-order chi connectivity index (χ1) is 51.3. The Morgan fingerprint density at radius 3 is 1.30 bits per heavy atom. The van der Waals surface area contributed by atoms with Gasteiger partial charge in [-0.05, 0) is 213 Å². The molecule has 0 amide bonds. The van der Waals surface area contributed by atoms with Crippen LogP contribution in [0, 0.1) is 56.8 Å². The van der Waals surface area contributed by atoms with Crippen molar-refractivity contribution in [2.75, 3.05) is 19.6 Å². The molecule has 23 rings (SSSR count). The summed E-state index contributed by atoms with van der Waals surface area (Å²) in [6.07, 6.45) is 27.9. The maximum Gasteiger partial charge on any atom is 0.194 e. The number of rotatable bonds is 3. The highest BCUT2D eigenvalue weighted by molar-refractivity contribution is 7.15. The van der Waals surface area contributed by atoms with Crippen LogP contribution in [0.4, 0.5) is 22.7 Å². The summed E-state index contributed by atoms with van der Waals surface area (Å²) in [4.78, 5) is 17.3. The second kappa shape index (κ2) is 23.9. The third kappa shape index (κ3) is 8.81. The Morgan fingerprint density at radius 1 is 0.421 bits per heavy atom. The van der Waals surface area contributed by atoms with Gasteiger partial charge in [0.15, 0.2) is 4.96 Å². The standard InChI is InChI=1S/C27H33N3.C23H29N3.C22H27N3S.C22H27N3/c1-16-7-5-6-8-22(16)30-17(2)25-24(26-23(29(25)4)9-10-28(26)3)27(30)20-12-18-11-19(14-20)15-21(27)13-18;1-16-10-6-7-11-18(16)26-17(2)21-20(23(26)13-8-5-9-14-23)22-19(25(21)4)12-15-24(22)3;1-13-9-8-10-15-17(13)25-14(2)16-18(24-11-12-26-19(24)23-16)22(25,7)21(5,6)20(15,3)4;1-15-9-5-6-10-17(15)25-16(2)20-19(22(25)12-7-8-13-22)21-18(24(20)4)11-14-23(21)3/h5-10,17-21H,11-15H2,1-4H3;6-7,10-12,15,17H,5,8-9,13-14H2,1-4H3;8-12,14H,1-7H3;5-6,9-11,14,16H,7-8,12-13H2,1-4H3. The largest absolute Gasteiger partial charge is 0.353 e. The summed E-state index contributed by atoms with van der Waals surface area (Å²) in [6.45, 7) is 30.9. The average Bonchev–Trinajstić information content (AvgIpc) is 1.52. The molecular weight excluding hydrogens is 1330 g/mol. The van der Waals surface area contributed by atoms with Gasteiger partial charge in [-0.15, -0.1) is 11.3 Å². The van der Waals surface area contributed by atoms with Crippen LogP contribution in [0.3, 0.4) is 0 Å². The van der Waals surface area contributed by atoms with Gasteiger partial charge in [-0.2, -0.15) is 0 Å². The number of para-hydroxylation sites is 4. The molecule has 558 valence electrons. The monoisotopic (exact) mass is 1440 g/mol. The van der Waals surface area contributed by atoms with Crippen LogP contribution in [0.2, 0.25) is 0 Å². The van der Waals surface area contributed by atoms with Gasteiger partial charge in [0.05, 0.1) is 90.8 Å². The van der Waals surface area contributed by atoms with Crippen LogP contribution >= 0.6 is 11.3 Å². The Bertz CT molecular complexity index is 5520. The normalized spacial score (nSPS) is 27.4. The Balaban J connectivity index is 0.0000000976. The van der Waals surface area contributed by atoms with E-state index in [4.69, 9.17) is 4.98 Å². The summed E-state index contributed by atoms with van der Waals surface area (Å²) >= 11 is 1.73. The molecule has 0 N–H and O–H groups in total. The molecule has 8 aromatic heterocycles. The molecule has 0 saturated heterocycles. The molecule has 4 bridgehead atoms. The SMILES string of the molecule is Cc1cccc2c1N1C(C)c3nc4sccn4c3C1(C)C(C)(C)C2(C)C.Cc1ccccc1N1C(C)c2c(c3c(ccn3C)n2C)C12C1CC3CC(C1)CC2C3.Cc1ccccc1N1C(C)c2c(c3c(ccn3C)n2C)C12CCCC2.Cc1ccccc1N1C(C)c2c(c3c(ccn3C)n2C)C12CCCCC2. The topological polar surface area (TPSA) is 59.8 Å². The number of nitrogens with zero attached hydrogens (tertiary/aromatic N) is 12. The molecule has 107 heavy (non-hydrogen) atoms. The summed E-state index contributed by atoms with van der Waals surface area (Å²) in [7, 11) is 13.5. The number of hydrogen-bond donors (Lipinski definition) is 0. The highest BCUT2D eigenvalue weighted by Crippen LogP contribution is 2.72. The molecule has 4 aromatic carbocycles. The molecule has 0 radical (unpaired) electrons. The zero-order valence-corrected chi connectivity index (χ0v) is 68.4. The highest BCUT2D eigenvalue weighted by atomic mass is 32.1. The van der Waals surface area contributed by atoms with Crippen molar-refractivity contribution in [3.8, 4) is 0 Å². The minimum absolute atomic E-state index is 0.0260. The van der Waals surface area contributed by atoms with Crippen LogP contribution in [0.25, 0.3) is 38.1 Å². The van der Waals surface area contributed by atoms with E-state index < -0.39 is 0 Å². The third-order valence-electron chi connectivity index (χ3n) is 31.4. The smallest absolute Gasteiger partial charge is 0.194 e. The van der Waals surface area contributed by atoms with Crippen LogP contribution in [0.5, 0.6) is 0 Å². The third-order valence-corrected chi connectivity index (χ3v) is 32.1. The van der Waals surface area contributed by atoms with Crippen molar-refractivity contribution in [2.45, 2.75) is 232 Å². The van der Waals surface area contributed by atoms with Gasteiger partial charge in [0.1, 0.15) is 0 Å². The van der Waals surface area contributed by atoms with E-state index in [-0.39, 0.29) is 39.0 Å². The van der Waals surface area contributed by atoms with Crippen molar-refractivity contribution in [3.63, 3.8) is 0 Å². The van der Waals surface area contributed by atoms with Gasteiger partial charge in [0.2, 0.25) is 0 Å². The number of imidazole rings is 1. The van der Waals surface area contributed by atoms with Gasteiger partial charge < -0.3 is 47.0 Å². The fraction of sp³-hybridized carbons (Fsp3) is 0.500. The Morgan fingerprint density at radius 2 is 0.832 bits per heavy atom. The van der Waals surface area contributed by atoms with Gasteiger partial charge in [0.25, 0.3) is 0 Å². The Kier molecular flexibility index (Phi) is 15.4. The summed E-state index contributed by atoms with van der Waals surface area (Å²) in [6, 6.07) is 42.2. The number of aromatic nitrogens is 8. The van der Waals surface area contributed by atoms with E-state index in [0.29, 0.717) is 18.1 Å². The molecule has 12 aromatic rings. The van der Waals surface area contributed by atoms with Crippen molar-refractivity contribution in [2.24, 2.45) is 71.4 Å². The maximum atomic E-state index is 5.06. The number of anilines is 4. The van der Waals surface area contributed by atoms with E-state index >= 15 is 0 Å². The number of hydrogen-bond acceptors (Lipinski definition) is 6. The molecule has 6 fully saturated rings. The maximum absolute atomic E-state index is 5.06. The van der Waals surface area contributed by atoms with Crippen LogP contribution < -0.4 is 19.6 Å². The van der Waals surface area contributed by atoms with Crippen molar-refractivity contribution in [1.29, 1.82) is 0 Å². The lowest BCUT2D eigenvalue weighted by molar-refractivity contribution is -0.0597. The predicted molar refractivity (Wildman–Crippen MR) is 445 cm³/mol. The zero-order chi connectivity index (χ0) is 74.4. The summed E-state index contributed by atoms with van der Waals surface area (Å²) in [5, 5.41) is 2.15. The molecule has 13 heterocycles. The number of fused-ring (bicyclic) bond motifs is 18. The Labute approximate surface area is 640 Å². The molecule has 13 heteroatoms. The van der Waals surface area contributed by atoms with E-state index in [1.807, 2.05) is 0 Å². The first-order valence-electron chi connectivity index (χ1n) is 41.1.